The van der Waals surface area contributed by atoms with Crippen LogP contribution in [0, 0.1) is 0 Å². The predicted molar refractivity (Wildman–Crippen MR) is 118 cm³/mol. The van der Waals surface area contributed by atoms with Crippen LogP contribution >= 0.6 is 0 Å². The molecule has 7 nitrogen and oxygen atoms in total. The number of aromatic nitrogens is 1. The molecule has 1 N–H and O–H groups in total. The largest absolute Gasteiger partial charge is 0.490 e. The van der Waals surface area contributed by atoms with Crippen molar-refractivity contribution in [1.82, 2.24) is 15.2 Å². The highest BCUT2D eigenvalue weighted by Crippen LogP contribution is 2.29. The van der Waals surface area contributed by atoms with Gasteiger partial charge in [-0.1, -0.05) is 18.2 Å². The molecule has 31 heavy (non-hydrogen) atoms. The fourth-order valence-corrected chi connectivity index (χ4v) is 3.58. The molecular weight excluding hydrogens is 394 g/mol. The fourth-order valence-electron chi connectivity index (χ4n) is 3.58. The van der Waals surface area contributed by atoms with Crippen molar-refractivity contribution in [2.24, 2.45) is 0 Å². The van der Waals surface area contributed by atoms with Crippen molar-refractivity contribution >= 4 is 11.8 Å². The fraction of sp³-hybridized carbons (Fsp3) is 0.375. The molecule has 2 heterocycles. The maximum Gasteiger partial charge on any atom is 0.252 e. The summed E-state index contributed by atoms with van der Waals surface area (Å²) < 4.78 is 11.1. The SMILES string of the molecule is CCOc1ccc(C(=O)N[C@@H](C)C(=O)N2CC=CCC2c2cccnc2)cc1OCC. The van der Waals surface area contributed by atoms with E-state index in [1.165, 1.54) is 0 Å². The second-order valence-corrected chi connectivity index (χ2v) is 7.22. The molecule has 1 aliphatic heterocycles. The highest BCUT2D eigenvalue weighted by molar-refractivity contribution is 5.98. The summed E-state index contributed by atoms with van der Waals surface area (Å²) in [5, 5.41) is 2.82. The third-order valence-electron chi connectivity index (χ3n) is 5.08. The minimum absolute atomic E-state index is 0.0967. The van der Waals surface area contributed by atoms with Crippen LogP contribution in [-0.4, -0.2) is 47.5 Å². The molecule has 1 aromatic heterocycles. The number of rotatable bonds is 8. The van der Waals surface area contributed by atoms with E-state index in [2.05, 4.69) is 16.4 Å². The lowest BCUT2D eigenvalue weighted by atomic mass is 9.99. The average Bonchev–Trinajstić information content (AvgIpc) is 2.80. The van der Waals surface area contributed by atoms with Gasteiger partial charge in [-0.3, -0.25) is 14.6 Å². The second kappa shape index (κ2) is 10.6. The van der Waals surface area contributed by atoms with Crippen molar-refractivity contribution in [2.45, 2.75) is 39.3 Å². The highest BCUT2D eigenvalue weighted by atomic mass is 16.5. The molecule has 0 saturated heterocycles. The van der Waals surface area contributed by atoms with Gasteiger partial charge in [0.15, 0.2) is 11.5 Å². The van der Waals surface area contributed by atoms with E-state index < -0.39 is 6.04 Å². The van der Waals surface area contributed by atoms with Crippen molar-refractivity contribution in [2.75, 3.05) is 19.8 Å². The van der Waals surface area contributed by atoms with Gasteiger partial charge in [-0.15, -0.1) is 0 Å². The standard InChI is InChI=1S/C24H29N3O4/c1-4-30-21-12-11-18(15-22(21)31-5-2)23(28)26-17(3)24(29)27-14-7-6-10-20(27)19-9-8-13-25-16-19/h6-9,11-13,15-17,20H,4-5,10,14H2,1-3H3,(H,26,28)/t17-,20?/m0/s1. The highest BCUT2D eigenvalue weighted by Gasteiger charge is 2.30. The van der Waals surface area contributed by atoms with Crippen LogP contribution in [0.25, 0.3) is 0 Å². The number of carbonyl (C=O) groups excluding carboxylic acids is 2. The van der Waals surface area contributed by atoms with E-state index in [4.69, 9.17) is 9.47 Å². The Morgan fingerprint density at radius 2 is 1.94 bits per heavy atom. The maximum absolute atomic E-state index is 13.2. The summed E-state index contributed by atoms with van der Waals surface area (Å²) in [6.07, 6.45) is 8.25. The van der Waals surface area contributed by atoms with Gasteiger partial charge in [-0.2, -0.15) is 0 Å². The topological polar surface area (TPSA) is 80.8 Å². The van der Waals surface area contributed by atoms with E-state index in [1.54, 1.807) is 42.4 Å². The zero-order chi connectivity index (χ0) is 22.2. The Labute approximate surface area is 183 Å². The molecule has 2 atom stereocenters. The van der Waals surface area contributed by atoms with E-state index in [-0.39, 0.29) is 17.9 Å². The van der Waals surface area contributed by atoms with Gasteiger partial charge < -0.3 is 19.7 Å². The zero-order valence-electron chi connectivity index (χ0n) is 18.2. The number of hydrogen-bond acceptors (Lipinski definition) is 5. The molecule has 0 fully saturated rings. The van der Waals surface area contributed by atoms with Gasteiger partial charge in [-0.25, -0.2) is 0 Å². The smallest absolute Gasteiger partial charge is 0.252 e. The first kappa shape index (κ1) is 22.3. The molecule has 7 heteroatoms. The number of pyridine rings is 1. The number of carbonyl (C=O) groups is 2. The van der Waals surface area contributed by atoms with Crippen LogP contribution in [0.2, 0.25) is 0 Å². The normalized spacial score (nSPS) is 16.5. The number of nitrogens with one attached hydrogen (secondary N) is 1. The summed E-state index contributed by atoms with van der Waals surface area (Å²) in [5.41, 5.74) is 1.39. The molecule has 0 radical (unpaired) electrons. The first-order valence-electron chi connectivity index (χ1n) is 10.6. The average molecular weight is 424 g/mol. The molecule has 0 saturated carbocycles. The van der Waals surface area contributed by atoms with Gasteiger partial charge in [0.2, 0.25) is 5.91 Å². The Morgan fingerprint density at radius 3 is 2.65 bits per heavy atom. The summed E-state index contributed by atoms with van der Waals surface area (Å²) in [6.45, 7) is 6.91. The van der Waals surface area contributed by atoms with E-state index >= 15 is 0 Å². The Bertz CT molecular complexity index is 930. The van der Waals surface area contributed by atoms with E-state index in [0.717, 1.165) is 5.56 Å². The van der Waals surface area contributed by atoms with Crippen molar-refractivity contribution < 1.29 is 19.1 Å². The Hall–Kier alpha value is -3.35. The molecular formula is C24H29N3O4. The van der Waals surface area contributed by atoms with Gasteiger partial charge in [0.1, 0.15) is 6.04 Å². The molecule has 164 valence electrons. The molecule has 0 aliphatic carbocycles. The molecule has 2 aromatic rings. The summed E-state index contributed by atoms with van der Waals surface area (Å²) in [7, 11) is 0. The summed E-state index contributed by atoms with van der Waals surface area (Å²) in [6, 6.07) is 8.08. The van der Waals surface area contributed by atoms with E-state index in [9.17, 15) is 9.59 Å². The molecule has 3 rings (SSSR count). The summed E-state index contributed by atoms with van der Waals surface area (Å²) in [4.78, 5) is 31.9. The van der Waals surface area contributed by atoms with Crippen LogP contribution in [0.1, 0.15) is 49.2 Å². The van der Waals surface area contributed by atoms with Gasteiger partial charge in [0.25, 0.3) is 5.91 Å². The first-order chi connectivity index (χ1) is 15.0. The molecule has 1 aliphatic rings. The lowest BCUT2D eigenvalue weighted by Crippen LogP contribution is -2.48. The lowest BCUT2D eigenvalue weighted by Gasteiger charge is -2.35. The molecule has 0 bridgehead atoms. The summed E-state index contributed by atoms with van der Waals surface area (Å²) in [5.74, 6) is 0.621. The molecule has 1 unspecified atom stereocenters. The number of benzene rings is 1. The van der Waals surface area contributed by atoms with Crippen molar-refractivity contribution in [3.05, 3.63) is 66.0 Å². The van der Waals surface area contributed by atoms with Gasteiger partial charge >= 0.3 is 0 Å². The maximum atomic E-state index is 13.2. The predicted octanol–water partition coefficient (Wildman–Crippen LogP) is 3.53. The first-order valence-corrected chi connectivity index (χ1v) is 10.6. The molecule has 1 aromatic carbocycles. The summed E-state index contributed by atoms with van der Waals surface area (Å²) >= 11 is 0. The van der Waals surface area contributed by atoms with Crippen molar-refractivity contribution in [3.63, 3.8) is 0 Å². The van der Waals surface area contributed by atoms with Crippen molar-refractivity contribution in [1.29, 1.82) is 0 Å². The van der Waals surface area contributed by atoms with Gasteiger partial charge in [0.05, 0.1) is 19.3 Å². The lowest BCUT2D eigenvalue weighted by molar-refractivity contribution is -0.135. The van der Waals surface area contributed by atoms with Crippen molar-refractivity contribution in [3.8, 4) is 11.5 Å². The quantitative estimate of drug-likeness (QED) is 0.657. The van der Waals surface area contributed by atoms with Crippen LogP contribution in [0.4, 0.5) is 0 Å². The number of hydrogen-bond donors (Lipinski definition) is 1. The van der Waals surface area contributed by atoms with E-state index in [0.29, 0.717) is 43.2 Å². The third-order valence-corrected chi connectivity index (χ3v) is 5.08. The number of nitrogens with zero attached hydrogens (tertiary/aromatic N) is 2. The zero-order valence-corrected chi connectivity index (χ0v) is 18.2. The molecule has 2 amide bonds. The number of ether oxygens (including phenoxy) is 2. The van der Waals surface area contributed by atoms with E-state index in [1.807, 2.05) is 32.1 Å². The Kier molecular flexibility index (Phi) is 7.65. The van der Waals surface area contributed by atoms with Crippen LogP contribution in [0.3, 0.4) is 0 Å². The van der Waals surface area contributed by atoms with Crippen LogP contribution in [-0.2, 0) is 4.79 Å². The molecule has 0 spiro atoms. The monoisotopic (exact) mass is 423 g/mol. The minimum atomic E-state index is -0.680. The third kappa shape index (κ3) is 5.42. The minimum Gasteiger partial charge on any atom is -0.490 e. The Morgan fingerprint density at radius 1 is 1.16 bits per heavy atom. The number of amides is 2. The second-order valence-electron chi connectivity index (χ2n) is 7.22. The van der Waals surface area contributed by atoms with Crippen LogP contribution < -0.4 is 14.8 Å². The Balaban J connectivity index is 1.72. The van der Waals surface area contributed by atoms with Gasteiger partial charge in [-0.05, 0) is 57.0 Å². The van der Waals surface area contributed by atoms with Crippen LogP contribution in [0.5, 0.6) is 11.5 Å². The van der Waals surface area contributed by atoms with Gasteiger partial charge in [0, 0.05) is 24.5 Å². The van der Waals surface area contributed by atoms with Crippen LogP contribution in [0.15, 0.2) is 54.9 Å².